The van der Waals surface area contributed by atoms with E-state index in [2.05, 4.69) is 31.9 Å². The summed E-state index contributed by atoms with van der Waals surface area (Å²) in [6.07, 6.45) is 0. The van der Waals surface area contributed by atoms with E-state index in [1.165, 1.54) is 0 Å². The molecule has 0 aromatic heterocycles. The Morgan fingerprint density at radius 3 is 2.25 bits per heavy atom. The molecule has 1 fully saturated rings. The number of hydrogen-bond acceptors (Lipinski definition) is 2. The number of carbonyl (C=O) groups excluding carboxylic acids is 2. The molecule has 108 valence electrons. The van der Waals surface area contributed by atoms with Gasteiger partial charge in [0.25, 0.3) is 5.91 Å². The van der Waals surface area contributed by atoms with Crippen LogP contribution in [0.2, 0.25) is 0 Å². The summed E-state index contributed by atoms with van der Waals surface area (Å²) < 4.78 is 1.65. The van der Waals surface area contributed by atoms with E-state index in [1.54, 1.807) is 42.8 Å². The highest BCUT2D eigenvalue weighted by Crippen LogP contribution is 2.26. The third-order valence-corrected chi connectivity index (χ3v) is 4.47. The molecule has 4 nitrogen and oxygen atoms in total. The van der Waals surface area contributed by atoms with Gasteiger partial charge in [0.1, 0.15) is 5.54 Å². The third kappa shape index (κ3) is 2.76. The average molecular weight is 404 g/mol. The first-order valence-corrected chi connectivity index (χ1v) is 7.85. The van der Waals surface area contributed by atoms with Crippen molar-refractivity contribution in [3.63, 3.8) is 0 Å². The van der Waals surface area contributed by atoms with Crippen molar-refractivity contribution in [3.8, 4) is 0 Å². The quantitative estimate of drug-likeness (QED) is 0.723. The molecule has 1 aromatic carbocycles. The number of likely N-dealkylation sites (N-methyl/N-ethyl adjacent to an activating group) is 1. The predicted octanol–water partition coefficient (Wildman–Crippen LogP) is 2.90. The molecule has 0 bridgehead atoms. The van der Waals surface area contributed by atoms with Crippen molar-refractivity contribution < 1.29 is 9.59 Å². The number of halogens is 2. The zero-order chi connectivity index (χ0) is 15.1. The number of amides is 2. The maximum atomic E-state index is 12.7. The standard InChI is InChI=1S/C14H16Br2N2O2/c1-14(2)13(20)17(3)4-5-18(14)12(19)9-6-10(15)8-11(16)7-9/h6-8H,4-5H2,1-3H3. The monoisotopic (exact) mass is 402 g/mol. The molecule has 0 unspecified atom stereocenters. The molecular weight excluding hydrogens is 388 g/mol. The average Bonchev–Trinajstić information content (AvgIpc) is 2.34. The molecule has 20 heavy (non-hydrogen) atoms. The molecule has 0 saturated carbocycles. The van der Waals surface area contributed by atoms with E-state index in [1.807, 2.05) is 6.07 Å². The SMILES string of the molecule is CN1CCN(C(=O)c2cc(Br)cc(Br)c2)C(C)(C)C1=O. The topological polar surface area (TPSA) is 40.6 Å². The molecule has 0 atom stereocenters. The Hall–Kier alpha value is -0.880. The van der Waals surface area contributed by atoms with E-state index in [4.69, 9.17) is 0 Å². The van der Waals surface area contributed by atoms with Gasteiger partial charge < -0.3 is 9.80 Å². The molecule has 2 rings (SSSR count). The van der Waals surface area contributed by atoms with Crippen LogP contribution in [0.15, 0.2) is 27.1 Å². The fourth-order valence-corrected chi connectivity index (χ4v) is 3.70. The van der Waals surface area contributed by atoms with Crippen LogP contribution in [0.3, 0.4) is 0 Å². The molecule has 1 aromatic rings. The summed E-state index contributed by atoms with van der Waals surface area (Å²) in [7, 11) is 1.77. The summed E-state index contributed by atoms with van der Waals surface area (Å²) in [5.74, 6) is -0.162. The smallest absolute Gasteiger partial charge is 0.254 e. The largest absolute Gasteiger partial charge is 0.342 e. The van der Waals surface area contributed by atoms with Crippen LogP contribution in [0.5, 0.6) is 0 Å². The minimum atomic E-state index is -0.821. The van der Waals surface area contributed by atoms with Crippen molar-refractivity contribution in [1.82, 2.24) is 9.80 Å². The van der Waals surface area contributed by atoms with E-state index < -0.39 is 5.54 Å². The number of nitrogens with zero attached hydrogens (tertiary/aromatic N) is 2. The molecule has 1 saturated heterocycles. The lowest BCUT2D eigenvalue weighted by atomic mass is 9.96. The first kappa shape index (κ1) is 15.5. The van der Waals surface area contributed by atoms with Crippen molar-refractivity contribution in [1.29, 1.82) is 0 Å². The molecule has 0 spiro atoms. The summed E-state index contributed by atoms with van der Waals surface area (Å²) in [4.78, 5) is 28.2. The van der Waals surface area contributed by atoms with Gasteiger partial charge in [0.05, 0.1) is 0 Å². The van der Waals surface area contributed by atoms with Crippen LogP contribution in [0, 0.1) is 0 Å². The summed E-state index contributed by atoms with van der Waals surface area (Å²) in [6.45, 7) is 4.67. The van der Waals surface area contributed by atoms with Crippen molar-refractivity contribution in [2.75, 3.05) is 20.1 Å². The summed E-state index contributed by atoms with van der Waals surface area (Å²) >= 11 is 6.76. The van der Waals surface area contributed by atoms with E-state index in [0.29, 0.717) is 18.7 Å². The zero-order valence-corrected chi connectivity index (χ0v) is 14.8. The second kappa shape index (κ2) is 5.48. The lowest BCUT2D eigenvalue weighted by Crippen LogP contribution is -2.63. The van der Waals surface area contributed by atoms with Gasteiger partial charge in [0.15, 0.2) is 0 Å². The normalized spacial score (nSPS) is 18.4. The van der Waals surface area contributed by atoms with Gasteiger partial charge in [0, 0.05) is 34.6 Å². The van der Waals surface area contributed by atoms with Gasteiger partial charge >= 0.3 is 0 Å². The van der Waals surface area contributed by atoms with Crippen LogP contribution in [-0.2, 0) is 4.79 Å². The van der Waals surface area contributed by atoms with Crippen LogP contribution >= 0.6 is 31.9 Å². The van der Waals surface area contributed by atoms with Crippen molar-refractivity contribution in [2.24, 2.45) is 0 Å². The second-order valence-corrected chi connectivity index (χ2v) is 7.23. The van der Waals surface area contributed by atoms with Gasteiger partial charge in [-0.1, -0.05) is 31.9 Å². The molecule has 2 amide bonds. The maximum Gasteiger partial charge on any atom is 0.254 e. The Labute approximate surface area is 135 Å². The van der Waals surface area contributed by atoms with Crippen molar-refractivity contribution >= 4 is 43.7 Å². The van der Waals surface area contributed by atoms with E-state index in [0.717, 1.165) is 8.95 Å². The van der Waals surface area contributed by atoms with Crippen LogP contribution in [-0.4, -0.2) is 47.3 Å². The minimum absolute atomic E-state index is 0.0360. The van der Waals surface area contributed by atoms with Gasteiger partial charge in [-0.15, -0.1) is 0 Å². The van der Waals surface area contributed by atoms with Gasteiger partial charge in [-0.2, -0.15) is 0 Å². The molecule has 0 N–H and O–H groups in total. The van der Waals surface area contributed by atoms with Crippen LogP contribution in [0.4, 0.5) is 0 Å². The van der Waals surface area contributed by atoms with Gasteiger partial charge in [-0.25, -0.2) is 0 Å². The Bertz CT molecular complexity index is 552. The summed E-state index contributed by atoms with van der Waals surface area (Å²) in [6, 6.07) is 5.41. The van der Waals surface area contributed by atoms with E-state index in [-0.39, 0.29) is 11.8 Å². The van der Waals surface area contributed by atoms with Crippen LogP contribution in [0.25, 0.3) is 0 Å². The van der Waals surface area contributed by atoms with Crippen molar-refractivity contribution in [2.45, 2.75) is 19.4 Å². The number of piperazine rings is 1. The third-order valence-electron chi connectivity index (χ3n) is 3.56. The number of carbonyl (C=O) groups is 2. The highest BCUT2D eigenvalue weighted by atomic mass is 79.9. The number of hydrogen-bond donors (Lipinski definition) is 0. The number of rotatable bonds is 1. The molecule has 0 aliphatic carbocycles. The van der Waals surface area contributed by atoms with Gasteiger partial charge in [-0.05, 0) is 32.0 Å². The van der Waals surface area contributed by atoms with Crippen molar-refractivity contribution in [3.05, 3.63) is 32.7 Å². The first-order chi connectivity index (χ1) is 9.23. The summed E-state index contributed by atoms with van der Waals surface area (Å²) in [5, 5.41) is 0. The van der Waals surface area contributed by atoms with E-state index in [9.17, 15) is 9.59 Å². The minimum Gasteiger partial charge on any atom is -0.342 e. The van der Waals surface area contributed by atoms with E-state index >= 15 is 0 Å². The predicted molar refractivity (Wildman–Crippen MR) is 84.6 cm³/mol. The molecule has 6 heteroatoms. The van der Waals surface area contributed by atoms with Gasteiger partial charge in [0.2, 0.25) is 5.91 Å². The first-order valence-electron chi connectivity index (χ1n) is 6.27. The lowest BCUT2D eigenvalue weighted by molar-refractivity contribution is -0.144. The highest BCUT2D eigenvalue weighted by Gasteiger charge is 2.43. The zero-order valence-electron chi connectivity index (χ0n) is 11.6. The molecule has 0 radical (unpaired) electrons. The Morgan fingerprint density at radius 2 is 1.70 bits per heavy atom. The molecule has 1 aliphatic rings. The molecule has 1 aliphatic heterocycles. The summed E-state index contributed by atoms with van der Waals surface area (Å²) in [5.41, 5.74) is -0.254. The molecule has 1 heterocycles. The second-order valence-electron chi connectivity index (χ2n) is 5.40. The van der Waals surface area contributed by atoms with Crippen LogP contribution in [0.1, 0.15) is 24.2 Å². The Morgan fingerprint density at radius 1 is 1.15 bits per heavy atom. The fourth-order valence-electron chi connectivity index (χ4n) is 2.40. The molecular formula is C14H16Br2N2O2. The Kier molecular flexibility index (Phi) is 4.25. The van der Waals surface area contributed by atoms with Gasteiger partial charge in [-0.3, -0.25) is 9.59 Å². The Balaban J connectivity index is 2.35. The number of benzene rings is 1. The fraction of sp³-hybridized carbons (Fsp3) is 0.429. The van der Waals surface area contributed by atoms with Crippen LogP contribution < -0.4 is 0 Å². The maximum absolute atomic E-state index is 12.7. The highest BCUT2D eigenvalue weighted by molar-refractivity contribution is 9.11. The lowest BCUT2D eigenvalue weighted by Gasteiger charge is -2.44.